The van der Waals surface area contributed by atoms with Crippen molar-refractivity contribution in [2.24, 2.45) is 5.92 Å². The van der Waals surface area contributed by atoms with Gasteiger partial charge in [-0.2, -0.15) is 0 Å². The van der Waals surface area contributed by atoms with Crippen molar-refractivity contribution in [3.8, 4) is 0 Å². The molecular formula is C9H17NO. The van der Waals surface area contributed by atoms with Gasteiger partial charge in [-0.25, -0.2) is 4.98 Å². The highest BCUT2D eigenvalue weighted by molar-refractivity contribution is 4.88. The van der Waals surface area contributed by atoms with Crippen molar-refractivity contribution in [2.45, 2.75) is 34.1 Å². The predicted molar refractivity (Wildman–Crippen MR) is 46.4 cm³/mol. The quantitative estimate of drug-likeness (QED) is 0.656. The molecule has 0 amide bonds. The molecule has 0 atom stereocenters. The third-order valence-electron chi connectivity index (χ3n) is 1.09. The van der Waals surface area contributed by atoms with Gasteiger partial charge in [0.1, 0.15) is 5.76 Å². The van der Waals surface area contributed by atoms with E-state index in [1.807, 2.05) is 13.8 Å². The lowest BCUT2D eigenvalue weighted by atomic mass is 10.1. The van der Waals surface area contributed by atoms with Gasteiger partial charge in [0.05, 0.1) is 6.20 Å². The second-order valence-corrected chi connectivity index (χ2v) is 2.57. The summed E-state index contributed by atoms with van der Waals surface area (Å²) in [6, 6.07) is 0. The molecule has 64 valence electrons. The summed E-state index contributed by atoms with van der Waals surface area (Å²) in [6.45, 7) is 8.31. The summed E-state index contributed by atoms with van der Waals surface area (Å²) in [7, 11) is 0. The Kier molecular flexibility index (Phi) is 5.53. The largest absolute Gasteiger partial charge is 0.449 e. The first-order valence-electron chi connectivity index (χ1n) is 4.16. The molecule has 0 N–H and O–H groups in total. The van der Waals surface area contributed by atoms with E-state index in [0.29, 0.717) is 5.92 Å². The Balaban J connectivity index is 0.000000461. The maximum absolute atomic E-state index is 5.03. The van der Waals surface area contributed by atoms with Crippen LogP contribution in [0.15, 0.2) is 17.0 Å². The normalized spacial score (nSPS) is 9.18. The Morgan fingerprint density at radius 2 is 2.09 bits per heavy atom. The summed E-state index contributed by atoms with van der Waals surface area (Å²) < 4.78 is 5.03. The molecule has 1 aromatic heterocycles. The second-order valence-electron chi connectivity index (χ2n) is 2.57. The molecule has 2 nitrogen and oxygen atoms in total. The summed E-state index contributed by atoms with van der Waals surface area (Å²) >= 11 is 0. The summed E-state index contributed by atoms with van der Waals surface area (Å²) in [4.78, 5) is 3.81. The number of hydrogen-bond donors (Lipinski definition) is 0. The fraction of sp³-hybridized carbons (Fsp3) is 0.667. The van der Waals surface area contributed by atoms with Crippen molar-refractivity contribution >= 4 is 0 Å². The average molecular weight is 155 g/mol. The molecule has 1 aromatic rings. The minimum absolute atomic E-state index is 0.651. The van der Waals surface area contributed by atoms with Crippen molar-refractivity contribution in [3.63, 3.8) is 0 Å². The average Bonchev–Trinajstić information content (AvgIpc) is 2.43. The zero-order valence-electron chi connectivity index (χ0n) is 7.79. The Morgan fingerprint density at radius 3 is 2.45 bits per heavy atom. The third-order valence-corrected chi connectivity index (χ3v) is 1.09. The number of aromatic nitrogens is 1. The lowest BCUT2D eigenvalue weighted by Crippen LogP contribution is -1.90. The second kappa shape index (κ2) is 5.96. The van der Waals surface area contributed by atoms with Crippen LogP contribution in [0.25, 0.3) is 0 Å². The molecule has 0 unspecified atom stereocenters. The van der Waals surface area contributed by atoms with Crippen LogP contribution in [-0.4, -0.2) is 4.98 Å². The van der Waals surface area contributed by atoms with E-state index in [4.69, 9.17) is 4.42 Å². The molecule has 1 rings (SSSR count). The molecular weight excluding hydrogens is 138 g/mol. The molecule has 0 fully saturated rings. The van der Waals surface area contributed by atoms with Crippen molar-refractivity contribution in [2.75, 3.05) is 0 Å². The highest BCUT2D eigenvalue weighted by atomic mass is 16.3. The topological polar surface area (TPSA) is 26.0 Å². The van der Waals surface area contributed by atoms with Crippen molar-refractivity contribution in [1.82, 2.24) is 4.98 Å². The standard InChI is InChI=1S/C7H11NO.C2H6/c1-6(2)3-7-4-8-5-9-7;1-2/h4-6H,3H2,1-2H3;1-2H3. The maximum Gasteiger partial charge on any atom is 0.180 e. The van der Waals surface area contributed by atoms with Crippen molar-refractivity contribution in [1.29, 1.82) is 0 Å². The summed E-state index contributed by atoms with van der Waals surface area (Å²) in [5.74, 6) is 1.63. The van der Waals surface area contributed by atoms with Crippen molar-refractivity contribution in [3.05, 3.63) is 18.4 Å². The summed E-state index contributed by atoms with van der Waals surface area (Å²) in [5.41, 5.74) is 0. The summed E-state index contributed by atoms with van der Waals surface area (Å²) in [5, 5.41) is 0. The minimum atomic E-state index is 0.651. The molecule has 0 radical (unpaired) electrons. The highest BCUT2D eigenvalue weighted by Gasteiger charge is 1.98. The van der Waals surface area contributed by atoms with E-state index in [1.54, 1.807) is 6.20 Å². The first kappa shape index (κ1) is 10.2. The molecule has 0 spiro atoms. The van der Waals surface area contributed by atoms with E-state index < -0.39 is 0 Å². The SMILES string of the molecule is CC.CC(C)Cc1cnco1. The molecule has 0 aliphatic rings. The van der Waals surface area contributed by atoms with E-state index in [-0.39, 0.29) is 0 Å². The van der Waals surface area contributed by atoms with Crippen molar-refractivity contribution < 1.29 is 4.42 Å². The van der Waals surface area contributed by atoms with E-state index in [0.717, 1.165) is 12.2 Å². The molecule has 1 heterocycles. The van der Waals surface area contributed by atoms with Crippen LogP contribution >= 0.6 is 0 Å². The molecule has 11 heavy (non-hydrogen) atoms. The van der Waals surface area contributed by atoms with Gasteiger partial charge in [-0.3, -0.25) is 0 Å². The molecule has 0 aromatic carbocycles. The number of hydrogen-bond acceptors (Lipinski definition) is 2. The van der Waals surface area contributed by atoms with Crippen LogP contribution in [0.5, 0.6) is 0 Å². The fourth-order valence-corrected chi connectivity index (χ4v) is 0.745. The van der Waals surface area contributed by atoms with Crippen LogP contribution in [0.2, 0.25) is 0 Å². The van der Waals surface area contributed by atoms with E-state index in [1.165, 1.54) is 6.39 Å². The van der Waals surface area contributed by atoms with Gasteiger partial charge in [-0.15, -0.1) is 0 Å². The number of oxazole rings is 1. The number of rotatable bonds is 2. The summed E-state index contributed by atoms with van der Waals surface area (Å²) in [6.07, 6.45) is 4.22. The van der Waals surface area contributed by atoms with Crippen LogP contribution in [-0.2, 0) is 6.42 Å². The number of nitrogens with zero attached hydrogens (tertiary/aromatic N) is 1. The van der Waals surface area contributed by atoms with E-state index in [2.05, 4.69) is 18.8 Å². The van der Waals surface area contributed by atoms with Gasteiger partial charge in [0.25, 0.3) is 0 Å². The van der Waals surface area contributed by atoms with Crippen LogP contribution in [0, 0.1) is 5.92 Å². The molecule has 2 heteroatoms. The van der Waals surface area contributed by atoms with Crippen LogP contribution in [0.1, 0.15) is 33.5 Å². The highest BCUT2D eigenvalue weighted by Crippen LogP contribution is 2.05. The lowest BCUT2D eigenvalue weighted by Gasteiger charge is -1.97. The Labute approximate surface area is 68.6 Å². The molecule has 0 saturated carbocycles. The predicted octanol–water partition coefficient (Wildman–Crippen LogP) is 2.90. The van der Waals surface area contributed by atoms with Gasteiger partial charge in [0.2, 0.25) is 0 Å². The van der Waals surface area contributed by atoms with E-state index >= 15 is 0 Å². The molecule has 0 bridgehead atoms. The zero-order chi connectivity index (χ0) is 8.69. The van der Waals surface area contributed by atoms with Crippen LogP contribution < -0.4 is 0 Å². The smallest absolute Gasteiger partial charge is 0.180 e. The lowest BCUT2D eigenvalue weighted by molar-refractivity contribution is 0.469. The first-order valence-corrected chi connectivity index (χ1v) is 4.16. The monoisotopic (exact) mass is 155 g/mol. The zero-order valence-corrected chi connectivity index (χ0v) is 7.79. The maximum atomic E-state index is 5.03. The van der Waals surface area contributed by atoms with Crippen LogP contribution in [0.4, 0.5) is 0 Å². The van der Waals surface area contributed by atoms with E-state index in [9.17, 15) is 0 Å². The molecule has 0 saturated heterocycles. The first-order chi connectivity index (χ1) is 5.29. The van der Waals surface area contributed by atoms with Crippen LogP contribution in [0.3, 0.4) is 0 Å². The van der Waals surface area contributed by atoms with Gasteiger partial charge in [0, 0.05) is 6.42 Å². The Bertz CT molecular complexity index is 156. The van der Waals surface area contributed by atoms with Gasteiger partial charge in [0.15, 0.2) is 6.39 Å². The Morgan fingerprint density at radius 1 is 1.45 bits per heavy atom. The molecule has 0 aliphatic heterocycles. The van der Waals surface area contributed by atoms with Gasteiger partial charge in [-0.1, -0.05) is 27.7 Å². The molecule has 0 aliphatic carbocycles. The minimum Gasteiger partial charge on any atom is -0.449 e. The fourth-order valence-electron chi connectivity index (χ4n) is 0.745. The van der Waals surface area contributed by atoms with Gasteiger partial charge < -0.3 is 4.42 Å². The Hall–Kier alpha value is -0.790. The van der Waals surface area contributed by atoms with Gasteiger partial charge in [-0.05, 0) is 5.92 Å². The third kappa shape index (κ3) is 4.59. The van der Waals surface area contributed by atoms with Gasteiger partial charge >= 0.3 is 0 Å².